The first kappa shape index (κ1) is 25.1. The normalized spacial score (nSPS) is 16.6. The van der Waals surface area contributed by atoms with Gasteiger partial charge in [-0.2, -0.15) is 5.26 Å². The van der Waals surface area contributed by atoms with Gasteiger partial charge < -0.3 is 14.4 Å². The predicted octanol–water partition coefficient (Wildman–Crippen LogP) is 4.04. The summed E-state index contributed by atoms with van der Waals surface area (Å²) in [4.78, 5) is 35.0. The maximum absolute atomic E-state index is 13.7. The number of Topliss-reactive ketones (excluding diaryl/α,β-unsaturated/α-hetero) is 1. The smallest absolute Gasteiger partial charge is 0.268 e. The number of carbonyl (C=O) groups is 2. The highest BCUT2D eigenvalue weighted by molar-refractivity contribution is 6.08. The fraction of sp³-hybridized carbons (Fsp3) is 0.346. The van der Waals surface area contributed by atoms with Crippen LogP contribution < -0.4 is 4.74 Å². The molecule has 0 radical (unpaired) electrons. The average Bonchev–Trinajstić information content (AvgIpc) is 3.21. The molecule has 10 heteroatoms. The van der Waals surface area contributed by atoms with Crippen molar-refractivity contribution in [2.45, 2.75) is 31.2 Å². The molecule has 3 aromatic rings. The number of carbonyl (C=O) groups excluding carboxylic acids is 2. The van der Waals surface area contributed by atoms with Crippen LogP contribution in [0.2, 0.25) is 0 Å². The minimum Gasteiger partial charge on any atom is -0.475 e. The van der Waals surface area contributed by atoms with Gasteiger partial charge in [-0.15, -0.1) is 0 Å². The lowest BCUT2D eigenvalue weighted by atomic mass is 9.98. The molecule has 1 aliphatic rings. The Bertz CT molecular complexity index is 1310. The van der Waals surface area contributed by atoms with Gasteiger partial charge in [-0.1, -0.05) is 6.07 Å². The number of hydrogen-bond acceptors (Lipinski definition) is 7. The van der Waals surface area contributed by atoms with E-state index in [0.29, 0.717) is 35.6 Å². The van der Waals surface area contributed by atoms with E-state index in [1.54, 1.807) is 37.6 Å². The van der Waals surface area contributed by atoms with Crippen LogP contribution >= 0.6 is 0 Å². The van der Waals surface area contributed by atoms with Crippen LogP contribution in [0.15, 0.2) is 48.8 Å². The van der Waals surface area contributed by atoms with Crippen LogP contribution in [0.4, 0.5) is 8.78 Å². The Kier molecular flexibility index (Phi) is 7.50. The molecule has 1 fully saturated rings. The highest BCUT2D eigenvalue weighted by atomic mass is 19.3. The maximum atomic E-state index is 13.7. The summed E-state index contributed by atoms with van der Waals surface area (Å²) in [5.74, 6) is -3.58. The first-order valence-corrected chi connectivity index (χ1v) is 11.4. The Balaban J connectivity index is 1.49. The Morgan fingerprint density at radius 1 is 1.14 bits per heavy atom. The lowest BCUT2D eigenvalue weighted by Crippen LogP contribution is -2.36. The zero-order valence-corrected chi connectivity index (χ0v) is 19.6. The van der Waals surface area contributed by atoms with Gasteiger partial charge in [0.2, 0.25) is 11.8 Å². The number of aromatic nitrogens is 2. The molecule has 186 valence electrons. The first-order valence-electron chi connectivity index (χ1n) is 11.4. The monoisotopic (exact) mass is 494 g/mol. The van der Waals surface area contributed by atoms with E-state index < -0.39 is 30.8 Å². The van der Waals surface area contributed by atoms with Crippen LogP contribution in [0.3, 0.4) is 0 Å². The molecule has 36 heavy (non-hydrogen) atoms. The zero-order valence-electron chi connectivity index (χ0n) is 19.6. The van der Waals surface area contributed by atoms with E-state index in [0.717, 1.165) is 16.0 Å². The molecule has 8 nitrogen and oxygen atoms in total. The van der Waals surface area contributed by atoms with E-state index in [4.69, 9.17) is 14.7 Å². The summed E-state index contributed by atoms with van der Waals surface area (Å²) < 4.78 is 37.8. The summed E-state index contributed by atoms with van der Waals surface area (Å²) in [7, 11) is 1.59. The molecule has 1 amide bonds. The molecular weight excluding hydrogens is 470 g/mol. The van der Waals surface area contributed by atoms with Crippen molar-refractivity contribution in [3.63, 3.8) is 0 Å². The lowest BCUT2D eigenvalue weighted by molar-refractivity contribution is -0.132. The fourth-order valence-electron chi connectivity index (χ4n) is 4.13. The largest absolute Gasteiger partial charge is 0.475 e. The number of nitriles is 1. The van der Waals surface area contributed by atoms with E-state index in [-0.39, 0.29) is 18.6 Å². The molecule has 0 aliphatic carbocycles. The summed E-state index contributed by atoms with van der Waals surface area (Å²) in [6.07, 6.45) is 2.06. The molecule has 4 rings (SSSR count). The van der Waals surface area contributed by atoms with Gasteiger partial charge in [-0.05, 0) is 29.8 Å². The summed E-state index contributed by atoms with van der Waals surface area (Å²) in [6.45, 7) is 0.0345. The highest BCUT2D eigenvalue weighted by Gasteiger charge is 2.47. The van der Waals surface area contributed by atoms with Gasteiger partial charge in [0.25, 0.3) is 5.92 Å². The van der Waals surface area contributed by atoms with Crippen LogP contribution in [0.5, 0.6) is 5.88 Å². The molecular formula is C26H24F2N4O4. The number of halogens is 2. The predicted molar refractivity (Wildman–Crippen MR) is 127 cm³/mol. The number of ketones is 1. The van der Waals surface area contributed by atoms with Gasteiger partial charge >= 0.3 is 0 Å². The topological polar surface area (TPSA) is 105 Å². The van der Waals surface area contributed by atoms with Gasteiger partial charge in [0, 0.05) is 61.3 Å². The van der Waals surface area contributed by atoms with Gasteiger partial charge in [-0.25, -0.2) is 13.8 Å². The SMILES string of the molecule is COCCOc1ccc(-c2ccc3nccc(C(=O)CCC(=O)N4CC(F)(F)C[C@H]4C#N)c3c2)cn1. The van der Waals surface area contributed by atoms with Crippen LogP contribution in [0, 0.1) is 11.3 Å². The summed E-state index contributed by atoms with van der Waals surface area (Å²) in [5.41, 5.74) is 2.61. The third-order valence-corrected chi connectivity index (χ3v) is 5.95. The Labute approximate surface area is 206 Å². The lowest BCUT2D eigenvalue weighted by Gasteiger charge is -2.18. The Hall–Kier alpha value is -3.97. The number of rotatable bonds is 9. The minimum absolute atomic E-state index is 0.169. The van der Waals surface area contributed by atoms with Gasteiger partial charge in [0.1, 0.15) is 12.6 Å². The van der Waals surface area contributed by atoms with Crippen LogP contribution in [-0.4, -0.2) is 65.4 Å². The third kappa shape index (κ3) is 5.63. The quantitative estimate of drug-likeness (QED) is 0.326. The first-order chi connectivity index (χ1) is 17.3. The Morgan fingerprint density at radius 2 is 1.94 bits per heavy atom. The molecule has 0 N–H and O–H groups in total. The zero-order chi connectivity index (χ0) is 25.7. The highest BCUT2D eigenvalue weighted by Crippen LogP contribution is 2.32. The molecule has 2 aromatic heterocycles. The molecule has 0 unspecified atom stereocenters. The van der Waals surface area contributed by atoms with Crippen molar-refractivity contribution in [3.05, 3.63) is 54.4 Å². The fourth-order valence-corrected chi connectivity index (χ4v) is 4.13. The van der Waals surface area contributed by atoms with Crippen molar-refractivity contribution in [2.75, 3.05) is 26.9 Å². The van der Waals surface area contributed by atoms with Crippen molar-refractivity contribution in [1.29, 1.82) is 5.26 Å². The second-order valence-electron chi connectivity index (χ2n) is 8.47. The number of pyridine rings is 2. The number of methoxy groups -OCH3 is 1. The van der Waals surface area contributed by atoms with E-state index >= 15 is 0 Å². The number of benzene rings is 1. The molecule has 0 saturated carbocycles. The number of nitrogens with zero attached hydrogens (tertiary/aromatic N) is 4. The third-order valence-electron chi connectivity index (χ3n) is 5.95. The number of fused-ring (bicyclic) bond motifs is 1. The molecule has 0 bridgehead atoms. The summed E-state index contributed by atoms with van der Waals surface area (Å²) in [6, 6.07) is 11.2. The number of alkyl halides is 2. The molecule has 1 atom stereocenters. The van der Waals surface area contributed by atoms with E-state index in [9.17, 15) is 18.4 Å². The molecule has 1 aromatic carbocycles. The van der Waals surface area contributed by atoms with E-state index in [1.165, 1.54) is 6.20 Å². The van der Waals surface area contributed by atoms with Crippen molar-refractivity contribution >= 4 is 22.6 Å². The van der Waals surface area contributed by atoms with Gasteiger partial charge in [0.05, 0.1) is 24.7 Å². The molecule has 1 saturated heterocycles. The number of amides is 1. The van der Waals surface area contributed by atoms with Gasteiger partial charge in [-0.3, -0.25) is 14.6 Å². The summed E-state index contributed by atoms with van der Waals surface area (Å²) >= 11 is 0. The second-order valence-corrected chi connectivity index (χ2v) is 8.47. The maximum Gasteiger partial charge on any atom is 0.268 e. The molecule has 3 heterocycles. The number of likely N-dealkylation sites (tertiary alicyclic amines) is 1. The van der Waals surface area contributed by atoms with Crippen molar-refractivity contribution in [2.24, 2.45) is 0 Å². The second kappa shape index (κ2) is 10.7. The molecule has 0 spiro atoms. The van der Waals surface area contributed by atoms with Crippen molar-refractivity contribution in [1.82, 2.24) is 14.9 Å². The van der Waals surface area contributed by atoms with Crippen LogP contribution in [0.1, 0.15) is 29.6 Å². The average molecular weight is 494 g/mol. The minimum atomic E-state index is -3.10. The van der Waals surface area contributed by atoms with Crippen molar-refractivity contribution < 1.29 is 27.8 Å². The van der Waals surface area contributed by atoms with Crippen molar-refractivity contribution in [3.8, 4) is 23.1 Å². The van der Waals surface area contributed by atoms with Gasteiger partial charge in [0.15, 0.2) is 5.78 Å². The molecule has 1 aliphatic heterocycles. The standard InChI is InChI=1S/C26H24F2N4O4/c1-35-10-11-36-24-6-3-18(15-31-24)17-2-4-22-21(12-17)20(8-9-30-22)23(33)5-7-25(34)32-16-26(27,28)13-19(32)14-29/h2-4,6,8-9,12,15,19H,5,7,10-11,13,16H2,1H3/t19-/m0/s1. The van der Waals surface area contributed by atoms with E-state index in [1.807, 2.05) is 18.2 Å². The summed E-state index contributed by atoms with van der Waals surface area (Å²) in [5, 5.41) is 9.71. The van der Waals surface area contributed by atoms with Crippen LogP contribution in [0.25, 0.3) is 22.0 Å². The van der Waals surface area contributed by atoms with E-state index in [2.05, 4.69) is 9.97 Å². The van der Waals surface area contributed by atoms with Crippen LogP contribution in [-0.2, 0) is 9.53 Å². The number of hydrogen-bond donors (Lipinski definition) is 0. The number of ether oxygens (including phenoxy) is 2. The Morgan fingerprint density at radius 3 is 2.67 bits per heavy atom.